The zero-order chi connectivity index (χ0) is 39.9. The van der Waals surface area contributed by atoms with Crippen molar-refractivity contribution in [2.75, 3.05) is 13.1 Å². The van der Waals surface area contributed by atoms with Gasteiger partial charge in [-0.25, -0.2) is 9.59 Å². The molecule has 1 aliphatic heterocycles. The average molecular weight is 749 g/mol. The maximum absolute atomic E-state index is 14.8. The van der Waals surface area contributed by atoms with E-state index in [1.165, 1.54) is 0 Å². The van der Waals surface area contributed by atoms with Gasteiger partial charge in [-0.05, 0) is 66.0 Å². The largest absolute Gasteiger partial charge is 0.465 e. The molecular formula is C44H56N6O5. The number of hydrogen-bond acceptors (Lipinski definition) is 6. The summed E-state index contributed by atoms with van der Waals surface area (Å²) in [6, 6.07) is 26.4. The van der Waals surface area contributed by atoms with Gasteiger partial charge >= 0.3 is 12.1 Å². The zero-order valence-electron chi connectivity index (χ0n) is 33.1. The lowest BCUT2D eigenvalue weighted by Gasteiger charge is -2.42. The first kappa shape index (κ1) is 40.9. The van der Waals surface area contributed by atoms with E-state index in [0.29, 0.717) is 19.6 Å². The highest BCUT2D eigenvalue weighted by Gasteiger charge is 2.46. The van der Waals surface area contributed by atoms with Crippen LogP contribution < -0.4 is 10.6 Å². The van der Waals surface area contributed by atoms with Crippen molar-refractivity contribution in [1.82, 2.24) is 30.4 Å². The number of benzene rings is 2. The predicted molar refractivity (Wildman–Crippen MR) is 214 cm³/mol. The summed E-state index contributed by atoms with van der Waals surface area (Å²) in [5.74, 6) is -0.663. The quantitative estimate of drug-likeness (QED) is 0.108. The minimum absolute atomic E-state index is 0.0451. The van der Waals surface area contributed by atoms with Crippen LogP contribution in [-0.2, 0) is 17.8 Å². The summed E-state index contributed by atoms with van der Waals surface area (Å²) in [6.45, 7) is 15.2. The number of aliphatic hydroxyl groups is 1. The number of carboxylic acid groups (broad SMARTS) is 1. The van der Waals surface area contributed by atoms with Gasteiger partial charge in [0.15, 0.2) is 0 Å². The van der Waals surface area contributed by atoms with Crippen LogP contribution >= 0.6 is 0 Å². The summed E-state index contributed by atoms with van der Waals surface area (Å²) in [6.07, 6.45) is -0.363. The maximum atomic E-state index is 14.8. The Labute approximate surface area is 325 Å². The van der Waals surface area contributed by atoms with Crippen LogP contribution in [0.3, 0.4) is 0 Å². The van der Waals surface area contributed by atoms with Gasteiger partial charge in [-0.1, -0.05) is 108 Å². The van der Waals surface area contributed by atoms with Crippen LogP contribution in [0.5, 0.6) is 0 Å². The number of rotatable bonds is 14. The van der Waals surface area contributed by atoms with Crippen molar-refractivity contribution < 1.29 is 24.6 Å². The van der Waals surface area contributed by atoms with Crippen molar-refractivity contribution in [3.8, 4) is 11.3 Å². The van der Waals surface area contributed by atoms with Crippen molar-refractivity contribution in [2.45, 2.75) is 98.0 Å². The number of aryl methyl sites for hydroxylation is 1. The van der Waals surface area contributed by atoms with Crippen LogP contribution in [0.2, 0.25) is 0 Å². The summed E-state index contributed by atoms with van der Waals surface area (Å²) in [5.41, 5.74) is 4.15. The number of urea groups is 1. The highest BCUT2D eigenvalue weighted by atomic mass is 16.4. The van der Waals surface area contributed by atoms with E-state index >= 15 is 0 Å². The predicted octanol–water partition coefficient (Wildman–Crippen LogP) is 7.05. The molecule has 0 aliphatic carbocycles. The minimum atomic E-state index is -1.25. The third-order valence-electron chi connectivity index (χ3n) is 10.3. The number of carbonyl (C=O) groups excluding carboxylic acids is 2. The third kappa shape index (κ3) is 10.7. The fraction of sp³-hybridized carbons (Fsp3) is 0.432. The van der Waals surface area contributed by atoms with Crippen LogP contribution in [0.4, 0.5) is 9.59 Å². The molecule has 0 spiro atoms. The van der Waals surface area contributed by atoms with Crippen molar-refractivity contribution in [2.24, 2.45) is 10.8 Å². The van der Waals surface area contributed by atoms with Crippen LogP contribution in [0.15, 0.2) is 97.2 Å². The van der Waals surface area contributed by atoms with E-state index in [4.69, 9.17) is 0 Å². The second-order valence-corrected chi connectivity index (χ2v) is 16.8. The second-order valence-electron chi connectivity index (χ2n) is 16.8. The molecule has 5 rings (SSSR count). The molecule has 3 heterocycles. The Morgan fingerprint density at radius 3 is 2.11 bits per heavy atom. The van der Waals surface area contributed by atoms with Crippen molar-refractivity contribution in [3.05, 3.63) is 120 Å². The molecule has 4 aromatic rings. The zero-order valence-corrected chi connectivity index (χ0v) is 33.1. The Bertz CT molecular complexity index is 1890. The molecule has 5 atom stereocenters. The Morgan fingerprint density at radius 1 is 0.818 bits per heavy atom. The van der Waals surface area contributed by atoms with Crippen molar-refractivity contribution in [3.63, 3.8) is 0 Å². The van der Waals surface area contributed by atoms with E-state index < -0.39 is 41.2 Å². The van der Waals surface area contributed by atoms with Crippen molar-refractivity contribution >= 4 is 18.0 Å². The summed E-state index contributed by atoms with van der Waals surface area (Å²) in [5, 5.41) is 27.6. The van der Waals surface area contributed by atoms with Gasteiger partial charge in [0.2, 0.25) is 5.91 Å². The average Bonchev–Trinajstić information content (AvgIpc) is 3.46. The monoisotopic (exact) mass is 748 g/mol. The molecular weight excluding hydrogens is 693 g/mol. The standard InChI is InChI=1S/C44H56N6O5/c1-29-14-13-17-33(46-29)28-49-24-25-50(42(49)55)39(44(5,6)7)40(52)47-36(27-37(51)35(48-41(53)54)26-30-15-9-8-10-16-30)38(43(2,3)4)32-21-19-31(20-22-32)34-18-11-12-23-45-34/h8-23,35-39,48,51H,24-28H2,1-7H3,(H,47,52)(H,53,54)/t35-,36-,37+,38?,39+/m0/s1. The summed E-state index contributed by atoms with van der Waals surface area (Å²) in [7, 11) is 0. The molecule has 1 saturated heterocycles. The Hall–Kier alpha value is -5.29. The van der Waals surface area contributed by atoms with Crippen LogP contribution in [0.1, 0.15) is 76.4 Å². The lowest BCUT2D eigenvalue weighted by atomic mass is 9.70. The highest BCUT2D eigenvalue weighted by Crippen LogP contribution is 2.41. The van der Waals surface area contributed by atoms with Crippen LogP contribution in [0, 0.1) is 17.8 Å². The normalized spacial score (nSPS) is 16.3. The number of nitrogens with one attached hydrogen (secondary N) is 2. The van der Waals surface area contributed by atoms with Gasteiger partial charge in [0, 0.05) is 42.5 Å². The molecule has 292 valence electrons. The number of aromatic nitrogens is 2. The number of nitrogens with zero attached hydrogens (tertiary/aromatic N) is 4. The summed E-state index contributed by atoms with van der Waals surface area (Å²) in [4.78, 5) is 53.3. The lowest BCUT2D eigenvalue weighted by Crippen LogP contribution is -2.58. The molecule has 1 fully saturated rings. The van der Waals surface area contributed by atoms with Gasteiger partial charge in [-0.15, -0.1) is 0 Å². The van der Waals surface area contributed by atoms with Gasteiger partial charge < -0.3 is 30.6 Å². The number of aliphatic hydroxyl groups excluding tert-OH is 1. The molecule has 11 heteroatoms. The Balaban J connectivity index is 1.49. The minimum Gasteiger partial charge on any atom is -0.465 e. The van der Waals surface area contributed by atoms with E-state index in [0.717, 1.165) is 33.8 Å². The summed E-state index contributed by atoms with van der Waals surface area (Å²) >= 11 is 0. The smallest absolute Gasteiger partial charge is 0.404 e. The molecule has 0 saturated carbocycles. The van der Waals surface area contributed by atoms with E-state index in [2.05, 4.69) is 41.4 Å². The molecule has 2 aromatic heterocycles. The second kappa shape index (κ2) is 17.5. The van der Waals surface area contributed by atoms with Crippen LogP contribution in [-0.4, -0.2) is 85.3 Å². The van der Waals surface area contributed by atoms with Gasteiger partial charge in [-0.3, -0.25) is 14.8 Å². The summed E-state index contributed by atoms with van der Waals surface area (Å²) < 4.78 is 0. The van der Waals surface area contributed by atoms with Crippen LogP contribution in [0.25, 0.3) is 11.3 Å². The fourth-order valence-electron chi connectivity index (χ4n) is 7.88. The van der Waals surface area contributed by atoms with Crippen molar-refractivity contribution in [1.29, 1.82) is 0 Å². The molecule has 1 unspecified atom stereocenters. The topological polar surface area (TPSA) is 148 Å². The van der Waals surface area contributed by atoms with Gasteiger partial charge in [0.1, 0.15) is 6.04 Å². The SMILES string of the molecule is Cc1cccc(CN2CCN([C@H](C(=O)N[C@@H](C[C@@H](O)[C@H](Cc3ccccc3)NC(=O)O)C(c3ccc(-c4ccccn4)cc3)C(C)(C)C)C(C)(C)C)C2=O)n1. The molecule has 0 radical (unpaired) electrons. The number of hydrogen-bond donors (Lipinski definition) is 4. The molecule has 0 bridgehead atoms. The molecule has 4 amide bonds. The highest BCUT2D eigenvalue weighted by molar-refractivity contribution is 5.89. The first-order valence-electron chi connectivity index (χ1n) is 19.0. The molecule has 4 N–H and O–H groups in total. The fourth-order valence-corrected chi connectivity index (χ4v) is 7.88. The molecule has 1 aliphatic rings. The third-order valence-corrected chi connectivity index (χ3v) is 10.3. The maximum Gasteiger partial charge on any atom is 0.404 e. The molecule has 2 aromatic carbocycles. The van der Waals surface area contributed by atoms with E-state index in [-0.39, 0.29) is 30.7 Å². The lowest BCUT2D eigenvalue weighted by molar-refractivity contribution is -0.130. The Kier molecular flexibility index (Phi) is 13.0. The van der Waals surface area contributed by atoms with Gasteiger partial charge in [0.25, 0.3) is 0 Å². The van der Waals surface area contributed by atoms with Gasteiger partial charge in [-0.2, -0.15) is 0 Å². The first-order valence-corrected chi connectivity index (χ1v) is 19.0. The number of carbonyl (C=O) groups is 3. The number of pyridine rings is 2. The Morgan fingerprint density at radius 2 is 1.51 bits per heavy atom. The van der Waals surface area contributed by atoms with E-state index in [1.807, 2.05) is 119 Å². The first-order chi connectivity index (χ1) is 26.0. The van der Waals surface area contributed by atoms with E-state index in [1.54, 1.807) is 16.0 Å². The van der Waals surface area contributed by atoms with E-state index in [9.17, 15) is 24.6 Å². The number of amides is 4. The van der Waals surface area contributed by atoms with Gasteiger partial charge in [0.05, 0.1) is 30.1 Å². The molecule has 11 nitrogen and oxygen atoms in total. The molecule has 55 heavy (non-hydrogen) atoms.